The first kappa shape index (κ1) is 18.6. The Balaban J connectivity index is 1.74. The second kappa shape index (κ2) is 8.04. The molecule has 1 saturated heterocycles. The fourth-order valence-electron chi connectivity index (χ4n) is 4.03. The standard InChI is InChI=1S/C21H28N2O3/c1-22(2)14-18-15-23(13-10-19(18)24)21(11-6-7-12-21)20(25)26-16-17-8-4-3-5-9-17/h3-5,8-9,14H,6-7,10-13,15-16H2,1-2H3. The Hall–Kier alpha value is -2.14. The maximum atomic E-state index is 13.1. The third-order valence-electron chi connectivity index (χ3n) is 5.37. The van der Waals surface area contributed by atoms with E-state index in [2.05, 4.69) is 4.90 Å². The molecule has 1 saturated carbocycles. The molecule has 1 aromatic carbocycles. The number of carbonyl (C=O) groups excluding carboxylic acids is 2. The summed E-state index contributed by atoms with van der Waals surface area (Å²) in [5, 5.41) is 0. The van der Waals surface area contributed by atoms with Crippen LogP contribution in [0.25, 0.3) is 0 Å². The topological polar surface area (TPSA) is 49.9 Å². The van der Waals surface area contributed by atoms with Gasteiger partial charge in [-0.2, -0.15) is 0 Å². The summed E-state index contributed by atoms with van der Waals surface area (Å²) in [5.41, 5.74) is 1.19. The summed E-state index contributed by atoms with van der Waals surface area (Å²) in [6.07, 6.45) is 6.02. The Kier molecular flexibility index (Phi) is 5.77. The molecule has 0 atom stereocenters. The van der Waals surface area contributed by atoms with Gasteiger partial charge in [-0.3, -0.25) is 14.5 Å². The van der Waals surface area contributed by atoms with Crippen LogP contribution in [0.2, 0.25) is 0 Å². The Morgan fingerprint density at radius 3 is 2.58 bits per heavy atom. The van der Waals surface area contributed by atoms with Gasteiger partial charge in [0.2, 0.25) is 0 Å². The van der Waals surface area contributed by atoms with Gasteiger partial charge in [0, 0.05) is 45.4 Å². The summed E-state index contributed by atoms with van der Waals surface area (Å²) in [7, 11) is 3.83. The number of benzene rings is 1. The van der Waals surface area contributed by atoms with E-state index in [0.29, 0.717) is 26.1 Å². The van der Waals surface area contributed by atoms with Gasteiger partial charge in [0.25, 0.3) is 0 Å². The van der Waals surface area contributed by atoms with Crippen molar-refractivity contribution in [3.05, 3.63) is 47.7 Å². The quantitative estimate of drug-likeness (QED) is 0.600. The summed E-state index contributed by atoms with van der Waals surface area (Å²) >= 11 is 0. The minimum absolute atomic E-state index is 0.141. The number of hydrogen-bond donors (Lipinski definition) is 0. The summed E-state index contributed by atoms with van der Waals surface area (Å²) in [4.78, 5) is 29.4. The van der Waals surface area contributed by atoms with E-state index in [1.807, 2.05) is 55.5 Å². The van der Waals surface area contributed by atoms with Crippen LogP contribution in [0, 0.1) is 0 Å². The Morgan fingerprint density at radius 1 is 1.23 bits per heavy atom. The van der Waals surface area contributed by atoms with E-state index in [4.69, 9.17) is 4.74 Å². The van der Waals surface area contributed by atoms with Gasteiger partial charge in [-0.15, -0.1) is 0 Å². The zero-order valence-corrected chi connectivity index (χ0v) is 15.7. The first-order valence-electron chi connectivity index (χ1n) is 9.38. The third-order valence-corrected chi connectivity index (χ3v) is 5.37. The van der Waals surface area contributed by atoms with Crippen molar-refractivity contribution in [2.75, 3.05) is 27.2 Å². The molecule has 0 spiro atoms. The van der Waals surface area contributed by atoms with Gasteiger partial charge in [-0.1, -0.05) is 43.2 Å². The van der Waals surface area contributed by atoms with Crippen LogP contribution in [0.15, 0.2) is 42.1 Å². The van der Waals surface area contributed by atoms with Crippen molar-refractivity contribution in [1.29, 1.82) is 0 Å². The molecule has 1 heterocycles. The molecule has 26 heavy (non-hydrogen) atoms. The van der Waals surface area contributed by atoms with Crippen LogP contribution in [0.1, 0.15) is 37.7 Å². The number of esters is 1. The molecular weight excluding hydrogens is 328 g/mol. The predicted molar refractivity (Wildman–Crippen MR) is 100 cm³/mol. The third kappa shape index (κ3) is 3.98. The van der Waals surface area contributed by atoms with Crippen LogP contribution in [0.3, 0.4) is 0 Å². The molecule has 0 amide bonds. The smallest absolute Gasteiger partial charge is 0.326 e. The van der Waals surface area contributed by atoms with Crippen LogP contribution < -0.4 is 0 Å². The lowest BCUT2D eigenvalue weighted by molar-refractivity contribution is -0.160. The number of Topliss-reactive ketones (excluding diaryl/α,β-unsaturated/α-hetero) is 1. The number of piperidine rings is 1. The van der Waals surface area contributed by atoms with Crippen LogP contribution in [0.4, 0.5) is 0 Å². The van der Waals surface area contributed by atoms with Gasteiger partial charge >= 0.3 is 5.97 Å². The van der Waals surface area contributed by atoms with Crippen molar-refractivity contribution in [2.45, 2.75) is 44.2 Å². The molecule has 1 aliphatic carbocycles. The molecule has 0 N–H and O–H groups in total. The van der Waals surface area contributed by atoms with Gasteiger partial charge in [-0.05, 0) is 18.4 Å². The van der Waals surface area contributed by atoms with Crippen LogP contribution in [-0.4, -0.2) is 54.3 Å². The van der Waals surface area contributed by atoms with Crippen molar-refractivity contribution >= 4 is 11.8 Å². The van der Waals surface area contributed by atoms with Crippen LogP contribution >= 0.6 is 0 Å². The molecule has 0 aromatic heterocycles. The number of rotatable bonds is 5. The molecule has 0 radical (unpaired) electrons. The highest BCUT2D eigenvalue weighted by atomic mass is 16.5. The molecule has 0 unspecified atom stereocenters. The van der Waals surface area contributed by atoms with Crippen molar-refractivity contribution < 1.29 is 14.3 Å². The summed E-state index contributed by atoms with van der Waals surface area (Å²) in [5.74, 6) is 0.0400. The van der Waals surface area contributed by atoms with E-state index in [1.54, 1.807) is 0 Å². The summed E-state index contributed by atoms with van der Waals surface area (Å²) in [6, 6.07) is 9.78. The van der Waals surface area contributed by atoms with Crippen molar-refractivity contribution in [3.8, 4) is 0 Å². The lowest BCUT2D eigenvalue weighted by Gasteiger charge is -2.41. The molecule has 140 valence electrons. The molecule has 0 bridgehead atoms. The largest absolute Gasteiger partial charge is 0.459 e. The molecular formula is C21H28N2O3. The average molecular weight is 356 g/mol. The highest BCUT2D eigenvalue weighted by Gasteiger charge is 2.49. The second-order valence-corrected chi connectivity index (χ2v) is 7.51. The van der Waals surface area contributed by atoms with E-state index < -0.39 is 5.54 Å². The van der Waals surface area contributed by atoms with E-state index in [0.717, 1.165) is 36.8 Å². The fraction of sp³-hybridized carbons (Fsp3) is 0.524. The number of ether oxygens (including phenoxy) is 1. The van der Waals surface area contributed by atoms with Gasteiger partial charge in [0.1, 0.15) is 12.1 Å². The number of ketones is 1. The molecule has 5 heteroatoms. The normalized spacial score (nSPS) is 21.8. The zero-order valence-electron chi connectivity index (χ0n) is 15.7. The SMILES string of the molecule is CN(C)C=C1CN(C2(C(=O)OCc3ccccc3)CCCC2)CCC1=O. The summed E-state index contributed by atoms with van der Waals surface area (Å²) < 4.78 is 5.72. The predicted octanol–water partition coefficient (Wildman–Crippen LogP) is 2.76. The van der Waals surface area contributed by atoms with Crippen LogP contribution in [0.5, 0.6) is 0 Å². The molecule has 2 fully saturated rings. The van der Waals surface area contributed by atoms with Gasteiger partial charge in [0.05, 0.1) is 0 Å². The maximum absolute atomic E-state index is 13.1. The van der Waals surface area contributed by atoms with Gasteiger partial charge < -0.3 is 9.64 Å². The second-order valence-electron chi connectivity index (χ2n) is 7.51. The maximum Gasteiger partial charge on any atom is 0.326 e. The molecule has 1 aliphatic heterocycles. The van der Waals surface area contributed by atoms with E-state index in [-0.39, 0.29) is 11.8 Å². The van der Waals surface area contributed by atoms with Crippen molar-refractivity contribution in [3.63, 3.8) is 0 Å². The first-order chi connectivity index (χ1) is 12.5. The lowest BCUT2D eigenvalue weighted by atomic mass is 9.90. The highest BCUT2D eigenvalue weighted by molar-refractivity contribution is 5.97. The lowest BCUT2D eigenvalue weighted by Crippen LogP contribution is -2.56. The average Bonchev–Trinajstić information content (AvgIpc) is 3.13. The van der Waals surface area contributed by atoms with E-state index in [1.165, 1.54) is 0 Å². The Morgan fingerprint density at radius 2 is 1.92 bits per heavy atom. The number of nitrogens with zero attached hydrogens (tertiary/aromatic N) is 2. The first-order valence-corrected chi connectivity index (χ1v) is 9.38. The fourth-order valence-corrected chi connectivity index (χ4v) is 4.03. The highest BCUT2D eigenvalue weighted by Crippen LogP contribution is 2.38. The minimum atomic E-state index is -0.582. The van der Waals surface area contributed by atoms with Crippen LogP contribution in [-0.2, 0) is 20.9 Å². The monoisotopic (exact) mass is 356 g/mol. The zero-order chi connectivity index (χ0) is 18.6. The Bertz CT molecular complexity index is 676. The van der Waals surface area contributed by atoms with E-state index >= 15 is 0 Å². The molecule has 2 aliphatic rings. The van der Waals surface area contributed by atoms with E-state index in [9.17, 15) is 9.59 Å². The molecule has 3 rings (SSSR count). The number of likely N-dealkylation sites (tertiary alicyclic amines) is 1. The molecule has 1 aromatic rings. The van der Waals surface area contributed by atoms with Gasteiger partial charge in [0.15, 0.2) is 5.78 Å². The summed E-state index contributed by atoms with van der Waals surface area (Å²) in [6.45, 7) is 1.45. The van der Waals surface area contributed by atoms with Crippen molar-refractivity contribution in [2.24, 2.45) is 0 Å². The van der Waals surface area contributed by atoms with Crippen molar-refractivity contribution in [1.82, 2.24) is 9.80 Å². The number of hydrogen-bond acceptors (Lipinski definition) is 5. The number of carbonyl (C=O) groups is 2. The van der Waals surface area contributed by atoms with Gasteiger partial charge in [-0.25, -0.2) is 0 Å². The Labute approximate surface area is 155 Å². The minimum Gasteiger partial charge on any atom is -0.459 e. The molecule has 5 nitrogen and oxygen atoms in total.